The van der Waals surface area contributed by atoms with Crippen molar-refractivity contribution in [2.75, 3.05) is 10.6 Å². The van der Waals surface area contributed by atoms with Crippen LogP contribution in [-0.2, 0) is 0 Å². The maximum atomic E-state index is 12.2. The van der Waals surface area contributed by atoms with Crippen molar-refractivity contribution in [1.82, 2.24) is 4.98 Å². The lowest BCUT2D eigenvalue weighted by atomic mass is 10.2. The first-order valence-corrected chi connectivity index (χ1v) is 7.87. The van der Waals surface area contributed by atoms with Crippen LogP contribution in [0.4, 0.5) is 17.4 Å². The summed E-state index contributed by atoms with van der Waals surface area (Å²) in [4.78, 5) is 16.6. The van der Waals surface area contributed by atoms with E-state index in [9.17, 15) is 4.79 Å². The molecule has 0 saturated carbocycles. The molecule has 0 fully saturated rings. The minimum atomic E-state index is -0.153. The van der Waals surface area contributed by atoms with E-state index in [-0.39, 0.29) is 5.91 Å². The molecule has 0 aliphatic heterocycles. The first-order valence-electron chi connectivity index (χ1n) is 7.87. The van der Waals surface area contributed by atoms with Crippen LogP contribution in [0, 0.1) is 0 Å². The maximum absolute atomic E-state index is 12.2. The zero-order chi connectivity index (χ0) is 17.1. The molecule has 5 heteroatoms. The van der Waals surface area contributed by atoms with Crippen LogP contribution >= 0.6 is 0 Å². The van der Waals surface area contributed by atoms with Crippen molar-refractivity contribution in [3.05, 3.63) is 84.4 Å². The first kappa shape index (κ1) is 15.0. The van der Waals surface area contributed by atoms with Crippen molar-refractivity contribution in [2.24, 2.45) is 0 Å². The van der Waals surface area contributed by atoms with Gasteiger partial charge in [-0.05, 0) is 42.5 Å². The van der Waals surface area contributed by atoms with Gasteiger partial charge in [-0.2, -0.15) is 4.98 Å². The van der Waals surface area contributed by atoms with Crippen molar-refractivity contribution in [3.8, 4) is 0 Å². The molecule has 5 nitrogen and oxygen atoms in total. The molecule has 1 amide bonds. The number of nitrogens with zero attached hydrogens (tertiary/aromatic N) is 1. The van der Waals surface area contributed by atoms with Crippen LogP contribution in [0.2, 0.25) is 0 Å². The Morgan fingerprint density at radius 2 is 1.60 bits per heavy atom. The topological polar surface area (TPSA) is 67.2 Å². The number of hydrogen-bond donors (Lipinski definition) is 2. The molecule has 1 aromatic heterocycles. The molecule has 0 saturated heterocycles. The lowest BCUT2D eigenvalue weighted by Gasteiger charge is -2.07. The van der Waals surface area contributed by atoms with Crippen LogP contribution in [0.25, 0.3) is 11.1 Å². The monoisotopic (exact) mass is 329 g/mol. The molecule has 1 heterocycles. The fourth-order valence-electron chi connectivity index (χ4n) is 2.52. The number of para-hydroxylation sites is 2. The smallest absolute Gasteiger partial charge is 0.300 e. The van der Waals surface area contributed by atoms with Gasteiger partial charge in [0.15, 0.2) is 5.58 Å². The van der Waals surface area contributed by atoms with E-state index in [2.05, 4.69) is 15.6 Å². The quantitative estimate of drug-likeness (QED) is 0.563. The Hall–Kier alpha value is -3.60. The predicted octanol–water partition coefficient (Wildman–Crippen LogP) is 4.82. The molecule has 4 aromatic rings. The van der Waals surface area contributed by atoms with E-state index in [1.165, 1.54) is 0 Å². The second-order valence-corrected chi connectivity index (χ2v) is 5.51. The van der Waals surface area contributed by atoms with Gasteiger partial charge in [0.2, 0.25) is 0 Å². The highest BCUT2D eigenvalue weighted by Gasteiger charge is 2.08. The maximum Gasteiger partial charge on any atom is 0.300 e. The number of carbonyl (C=O) groups is 1. The molecule has 0 atom stereocenters. The van der Waals surface area contributed by atoms with Crippen LogP contribution in [0.15, 0.2) is 83.3 Å². The molecule has 0 aliphatic carbocycles. The van der Waals surface area contributed by atoms with Gasteiger partial charge in [-0.1, -0.05) is 36.4 Å². The molecule has 2 N–H and O–H groups in total. The fraction of sp³-hybridized carbons (Fsp3) is 0. The number of hydrogen-bond acceptors (Lipinski definition) is 4. The van der Waals surface area contributed by atoms with Crippen molar-refractivity contribution in [1.29, 1.82) is 0 Å². The number of nitrogens with one attached hydrogen (secondary N) is 2. The molecule has 0 aliphatic rings. The number of aromatic nitrogens is 1. The highest BCUT2D eigenvalue weighted by molar-refractivity contribution is 6.04. The summed E-state index contributed by atoms with van der Waals surface area (Å²) in [5.41, 5.74) is 3.59. The summed E-state index contributed by atoms with van der Waals surface area (Å²) < 4.78 is 5.65. The van der Waals surface area contributed by atoms with E-state index in [0.29, 0.717) is 17.3 Å². The molecule has 0 spiro atoms. The van der Waals surface area contributed by atoms with Gasteiger partial charge in [-0.25, -0.2) is 0 Å². The number of rotatable bonds is 4. The number of fused-ring (bicyclic) bond motifs is 1. The van der Waals surface area contributed by atoms with Gasteiger partial charge < -0.3 is 15.1 Å². The molecule has 4 rings (SSSR count). The largest absolute Gasteiger partial charge is 0.423 e. The van der Waals surface area contributed by atoms with Gasteiger partial charge in [0, 0.05) is 16.9 Å². The Balaban J connectivity index is 1.52. The third-order valence-electron chi connectivity index (χ3n) is 3.70. The number of carbonyl (C=O) groups excluding carboxylic acids is 1. The van der Waals surface area contributed by atoms with Crippen molar-refractivity contribution in [3.63, 3.8) is 0 Å². The molecule has 122 valence electrons. The second kappa shape index (κ2) is 6.49. The summed E-state index contributed by atoms with van der Waals surface area (Å²) in [5, 5.41) is 6.00. The summed E-state index contributed by atoms with van der Waals surface area (Å²) in [7, 11) is 0. The molecule has 0 bridgehead atoms. The third-order valence-corrected chi connectivity index (χ3v) is 3.70. The zero-order valence-corrected chi connectivity index (χ0v) is 13.3. The van der Waals surface area contributed by atoms with Crippen LogP contribution < -0.4 is 10.6 Å². The Morgan fingerprint density at radius 1 is 0.840 bits per heavy atom. The number of amides is 1. The fourth-order valence-corrected chi connectivity index (χ4v) is 2.52. The van der Waals surface area contributed by atoms with E-state index in [1.54, 1.807) is 12.1 Å². The summed E-state index contributed by atoms with van der Waals surface area (Å²) in [6.45, 7) is 0. The van der Waals surface area contributed by atoms with Gasteiger partial charge in [-0.15, -0.1) is 0 Å². The lowest BCUT2D eigenvalue weighted by Crippen LogP contribution is -2.11. The summed E-state index contributed by atoms with van der Waals surface area (Å²) in [5.74, 6) is -0.153. The predicted molar refractivity (Wildman–Crippen MR) is 98.1 cm³/mol. The SMILES string of the molecule is O=C(Nc1cccc(Nc2nc3ccccc3o2)c1)c1ccccc1. The first-order chi connectivity index (χ1) is 12.3. The van der Waals surface area contributed by atoms with Gasteiger partial charge in [-0.3, -0.25) is 4.79 Å². The van der Waals surface area contributed by atoms with E-state index in [0.717, 1.165) is 16.8 Å². The van der Waals surface area contributed by atoms with Crippen LogP contribution in [-0.4, -0.2) is 10.9 Å². The summed E-state index contributed by atoms with van der Waals surface area (Å²) in [6, 6.07) is 24.5. The molecular formula is C20H15N3O2. The Morgan fingerprint density at radius 3 is 2.44 bits per heavy atom. The van der Waals surface area contributed by atoms with Gasteiger partial charge in [0.1, 0.15) is 5.52 Å². The lowest BCUT2D eigenvalue weighted by molar-refractivity contribution is 0.102. The number of anilines is 3. The number of oxazole rings is 1. The molecular weight excluding hydrogens is 314 g/mol. The molecule has 0 unspecified atom stereocenters. The Labute approximate surface area is 144 Å². The van der Waals surface area contributed by atoms with Gasteiger partial charge in [0.05, 0.1) is 0 Å². The average Bonchev–Trinajstić information content (AvgIpc) is 3.05. The molecule has 25 heavy (non-hydrogen) atoms. The van der Waals surface area contributed by atoms with E-state index < -0.39 is 0 Å². The standard InChI is InChI=1S/C20H15N3O2/c24-19(14-7-2-1-3-8-14)21-15-9-6-10-16(13-15)22-20-23-17-11-4-5-12-18(17)25-20/h1-13H,(H,21,24)(H,22,23). The second-order valence-electron chi connectivity index (χ2n) is 5.51. The summed E-state index contributed by atoms with van der Waals surface area (Å²) in [6.07, 6.45) is 0. The van der Waals surface area contributed by atoms with E-state index in [4.69, 9.17) is 4.42 Å². The summed E-state index contributed by atoms with van der Waals surface area (Å²) >= 11 is 0. The van der Waals surface area contributed by atoms with Crippen LogP contribution in [0.1, 0.15) is 10.4 Å². The average molecular weight is 329 g/mol. The van der Waals surface area contributed by atoms with Crippen molar-refractivity contribution in [2.45, 2.75) is 0 Å². The minimum Gasteiger partial charge on any atom is -0.423 e. The van der Waals surface area contributed by atoms with E-state index in [1.807, 2.05) is 66.7 Å². The Bertz CT molecular complexity index is 992. The normalized spacial score (nSPS) is 10.6. The van der Waals surface area contributed by atoms with Crippen molar-refractivity contribution >= 4 is 34.4 Å². The van der Waals surface area contributed by atoms with Crippen molar-refractivity contribution < 1.29 is 9.21 Å². The molecule has 0 radical (unpaired) electrons. The highest BCUT2D eigenvalue weighted by Crippen LogP contribution is 2.23. The molecule has 3 aromatic carbocycles. The van der Waals surface area contributed by atoms with E-state index >= 15 is 0 Å². The third kappa shape index (κ3) is 3.35. The van der Waals surface area contributed by atoms with Crippen LogP contribution in [0.5, 0.6) is 0 Å². The number of benzene rings is 3. The Kier molecular flexibility index (Phi) is 3.88. The van der Waals surface area contributed by atoms with Gasteiger partial charge in [0.25, 0.3) is 11.9 Å². The van der Waals surface area contributed by atoms with Gasteiger partial charge >= 0.3 is 0 Å². The highest BCUT2D eigenvalue weighted by atomic mass is 16.4. The van der Waals surface area contributed by atoms with Crippen LogP contribution in [0.3, 0.4) is 0 Å². The minimum absolute atomic E-state index is 0.153. The zero-order valence-electron chi connectivity index (χ0n) is 13.3.